The fraction of sp³-hybridized carbons (Fsp3) is 0. The monoisotopic (exact) mass is 667 g/mol. The summed E-state index contributed by atoms with van der Waals surface area (Å²) in [6, 6.07) is 47.6. The Bertz CT molecular complexity index is 2230. The lowest BCUT2D eigenvalue weighted by atomic mass is 9.98. The summed E-state index contributed by atoms with van der Waals surface area (Å²) >= 11 is 3.77. The summed E-state index contributed by atoms with van der Waals surface area (Å²) in [5, 5.41) is 1.09. The van der Waals surface area contributed by atoms with Gasteiger partial charge in [-0.05, 0) is 75.8 Å². The summed E-state index contributed by atoms with van der Waals surface area (Å²) in [6.45, 7) is 0. The Labute approximate surface area is 280 Å². The van der Waals surface area contributed by atoms with Crippen LogP contribution in [0, 0.1) is 0 Å². The van der Waals surface area contributed by atoms with Crippen molar-refractivity contribution >= 4 is 26.8 Å². The van der Waals surface area contributed by atoms with E-state index in [2.05, 4.69) is 129 Å². The molecule has 0 saturated heterocycles. The normalized spacial score (nSPS) is 11.1. The van der Waals surface area contributed by atoms with Crippen LogP contribution in [-0.2, 0) is 0 Å². The third-order valence-corrected chi connectivity index (χ3v) is 8.61. The molecule has 0 saturated carbocycles. The van der Waals surface area contributed by atoms with E-state index in [0.29, 0.717) is 17.5 Å². The lowest BCUT2D eigenvalue weighted by Gasteiger charge is -2.12. The molecule has 0 amide bonds. The average molecular weight is 669 g/mol. The second kappa shape index (κ2) is 12.5. The SMILES string of the molecule is Brc1cc(-c2nc(-c3ccc(-c4ccccc4)cc3)nc(-c3ccc(-c4ccncc4)cc3)n2)cc(-c2cccc3ncccc23)c1. The van der Waals surface area contributed by atoms with Gasteiger partial charge in [0, 0.05) is 45.1 Å². The Morgan fingerprint density at radius 1 is 0.383 bits per heavy atom. The van der Waals surface area contributed by atoms with Crippen LogP contribution in [0.5, 0.6) is 0 Å². The van der Waals surface area contributed by atoms with Crippen LogP contribution in [0.1, 0.15) is 0 Å². The first-order chi connectivity index (χ1) is 23.2. The third kappa shape index (κ3) is 5.94. The van der Waals surface area contributed by atoms with Gasteiger partial charge in [0.15, 0.2) is 17.5 Å². The van der Waals surface area contributed by atoms with Crippen LogP contribution in [0.2, 0.25) is 0 Å². The van der Waals surface area contributed by atoms with E-state index < -0.39 is 0 Å². The predicted octanol–water partition coefficient (Wildman–Crippen LogP) is 10.6. The summed E-state index contributed by atoms with van der Waals surface area (Å²) in [6.07, 6.45) is 5.43. The fourth-order valence-corrected chi connectivity index (χ4v) is 6.28. The highest BCUT2D eigenvalue weighted by Crippen LogP contribution is 2.34. The molecule has 3 aromatic heterocycles. The van der Waals surface area contributed by atoms with Crippen molar-refractivity contribution in [3.8, 4) is 67.5 Å². The van der Waals surface area contributed by atoms with Crippen molar-refractivity contribution in [3.63, 3.8) is 0 Å². The van der Waals surface area contributed by atoms with Gasteiger partial charge in [-0.2, -0.15) is 0 Å². The van der Waals surface area contributed by atoms with E-state index in [0.717, 1.165) is 65.4 Å². The van der Waals surface area contributed by atoms with Gasteiger partial charge in [-0.1, -0.05) is 113 Å². The second-order valence-corrected chi connectivity index (χ2v) is 12.1. The highest BCUT2D eigenvalue weighted by Gasteiger charge is 2.15. The standard InChI is InChI=1S/C41H26BrN5/c42-35-25-33(36-8-4-10-38-37(36)9-5-21-44-38)24-34(26-35)41-46-39(31-15-11-28(12-16-31)27-6-2-1-3-7-27)45-40(47-41)32-17-13-29(14-18-32)30-19-22-43-23-20-30/h1-26H. The molecule has 0 spiro atoms. The summed E-state index contributed by atoms with van der Waals surface area (Å²) < 4.78 is 0.934. The molecule has 0 N–H and O–H groups in total. The Hall–Kier alpha value is -5.85. The van der Waals surface area contributed by atoms with Crippen molar-refractivity contribution in [2.45, 2.75) is 0 Å². The number of benzene rings is 5. The molecule has 0 aliphatic rings. The fourth-order valence-electron chi connectivity index (χ4n) is 5.79. The summed E-state index contributed by atoms with van der Waals surface area (Å²) in [7, 11) is 0. The number of rotatable bonds is 6. The van der Waals surface area contributed by atoms with Crippen LogP contribution in [0.3, 0.4) is 0 Å². The molecule has 47 heavy (non-hydrogen) atoms. The predicted molar refractivity (Wildman–Crippen MR) is 193 cm³/mol. The molecule has 0 radical (unpaired) electrons. The van der Waals surface area contributed by atoms with Crippen LogP contribution in [-0.4, -0.2) is 24.9 Å². The lowest BCUT2D eigenvalue weighted by molar-refractivity contribution is 1.07. The van der Waals surface area contributed by atoms with Crippen molar-refractivity contribution in [1.82, 2.24) is 24.9 Å². The van der Waals surface area contributed by atoms with Crippen LogP contribution < -0.4 is 0 Å². The Morgan fingerprint density at radius 3 is 1.60 bits per heavy atom. The zero-order valence-corrected chi connectivity index (χ0v) is 26.7. The minimum atomic E-state index is 0.594. The quantitative estimate of drug-likeness (QED) is 0.176. The van der Waals surface area contributed by atoms with E-state index in [4.69, 9.17) is 15.0 Å². The number of halogens is 1. The molecule has 222 valence electrons. The smallest absolute Gasteiger partial charge is 0.164 e. The molecule has 8 aromatic rings. The Kier molecular flexibility index (Phi) is 7.61. The highest BCUT2D eigenvalue weighted by molar-refractivity contribution is 9.10. The van der Waals surface area contributed by atoms with Gasteiger partial charge in [0.25, 0.3) is 0 Å². The van der Waals surface area contributed by atoms with Crippen LogP contribution in [0.25, 0.3) is 78.4 Å². The van der Waals surface area contributed by atoms with Crippen molar-refractivity contribution in [1.29, 1.82) is 0 Å². The molecule has 0 unspecified atom stereocenters. The van der Waals surface area contributed by atoms with Crippen molar-refractivity contribution < 1.29 is 0 Å². The van der Waals surface area contributed by atoms with E-state index >= 15 is 0 Å². The Balaban J connectivity index is 1.25. The lowest BCUT2D eigenvalue weighted by Crippen LogP contribution is -2.00. The zero-order chi connectivity index (χ0) is 31.6. The van der Waals surface area contributed by atoms with Gasteiger partial charge in [0.1, 0.15) is 0 Å². The maximum Gasteiger partial charge on any atom is 0.164 e. The van der Waals surface area contributed by atoms with E-state index in [1.807, 2.05) is 42.6 Å². The van der Waals surface area contributed by atoms with Gasteiger partial charge >= 0.3 is 0 Å². The van der Waals surface area contributed by atoms with Gasteiger partial charge in [0.05, 0.1) is 5.52 Å². The minimum Gasteiger partial charge on any atom is -0.265 e. The van der Waals surface area contributed by atoms with E-state index in [1.54, 1.807) is 12.4 Å². The van der Waals surface area contributed by atoms with Crippen LogP contribution in [0.4, 0.5) is 0 Å². The first-order valence-corrected chi connectivity index (χ1v) is 16.1. The molecule has 0 fully saturated rings. The van der Waals surface area contributed by atoms with Gasteiger partial charge in [-0.15, -0.1) is 0 Å². The largest absolute Gasteiger partial charge is 0.265 e. The van der Waals surface area contributed by atoms with Gasteiger partial charge in [-0.25, -0.2) is 15.0 Å². The number of aromatic nitrogens is 5. The van der Waals surface area contributed by atoms with Gasteiger partial charge < -0.3 is 0 Å². The summed E-state index contributed by atoms with van der Waals surface area (Å²) in [5.41, 5.74) is 10.3. The highest BCUT2D eigenvalue weighted by atomic mass is 79.9. The molecule has 6 heteroatoms. The molecular formula is C41H26BrN5. The Morgan fingerprint density at radius 2 is 0.936 bits per heavy atom. The second-order valence-electron chi connectivity index (χ2n) is 11.2. The van der Waals surface area contributed by atoms with Gasteiger partial charge in [-0.3, -0.25) is 9.97 Å². The number of pyridine rings is 2. The zero-order valence-electron chi connectivity index (χ0n) is 25.1. The van der Waals surface area contributed by atoms with E-state index in [-0.39, 0.29) is 0 Å². The van der Waals surface area contributed by atoms with Crippen molar-refractivity contribution in [3.05, 3.63) is 163 Å². The molecule has 0 aliphatic heterocycles. The molecule has 8 rings (SSSR count). The summed E-state index contributed by atoms with van der Waals surface area (Å²) in [4.78, 5) is 23.8. The topological polar surface area (TPSA) is 64.5 Å². The number of nitrogens with zero attached hydrogens (tertiary/aromatic N) is 5. The van der Waals surface area contributed by atoms with E-state index in [1.165, 1.54) is 0 Å². The average Bonchev–Trinajstić information content (AvgIpc) is 3.15. The third-order valence-electron chi connectivity index (χ3n) is 8.16. The molecule has 3 heterocycles. The maximum atomic E-state index is 5.04. The number of fused-ring (bicyclic) bond motifs is 1. The number of hydrogen-bond acceptors (Lipinski definition) is 5. The minimum absolute atomic E-state index is 0.594. The van der Waals surface area contributed by atoms with Crippen molar-refractivity contribution in [2.75, 3.05) is 0 Å². The molecule has 0 atom stereocenters. The first kappa shape index (κ1) is 28.6. The van der Waals surface area contributed by atoms with Gasteiger partial charge in [0.2, 0.25) is 0 Å². The molecule has 0 bridgehead atoms. The van der Waals surface area contributed by atoms with Crippen LogP contribution >= 0.6 is 15.9 Å². The van der Waals surface area contributed by atoms with E-state index in [9.17, 15) is 0 Å². The van der Waals surface area contributed by atoms with Crippen LogP contribution in [0.15, 0.2) is 163 Å². The number of hydrogen-bond donors (Lipinski definition) is 0. The molecule has 0 aliphatic carbocycles. The molecule has 5 aromatic carbocycles. The summed E-state index contributed by atoms with van der Waals surface area (Å²) in [5.74, 6) is 1.81. The first-order valence-electron chi connectivity index (χ1n) is 15.3. The molecular weight excluding hydrogens is 642 g/mol. The molecule has 5 nitrogen and oxygen atoms in total. The maximum absolute atomic E-state index is 5.04. The van der Waals surface area contributed by atoms with Crippen molar-refractivity contribution in [2.24, 2.45) is 0 Å².